The summed E-state index contributed by atoms with van der Waals surface area (Å²) in [7, 11) is 0. The second kappa shape index (κ2) is 8.07. The van der Waals surface area contributed by atoms with Crippen molar-refractivity contribution in [3.63, 3.8) is 0 Å². The zero-order valence-corrected chi connectivity index (χ0v) is 17.6. The number of pyridine rings is 1. The molecule has 0 spiro atoms. The van der Waals surface area contributed by atoms with Crippen molar-refractivity contribution in [2.24, 2.45) is 0 Å². The Morgan fingerprint density at radius 1 is 0.630 bits per heavy atom. The molecule has 4 aromatic rings. The molecule has 0 atom stereocenters. The van der Waals surface area contributed by atoms with Crippen LogP contribution in [0.3, 0.4) is 0 Å². The first kappa shape index (κ1) is 18.0. The molecule has 0 fully saturated rings. The fourth-order valence-corrected chi connectivity index (χ4v) is 4.02. The van der Waals surface area contributed by atoms with Crippen LogP contribution in [0.25, 0.3) is 11.3 Å². The predicted molar refractivity (Wildman–Crippen MR) is 120 cm³/mol. The third-order valence-electron chi connectivity index (χ3n) is 4.26. The summed E-state index contributed by atoms with van der Waals surface area (Å²) < 4.78 is 2.04. The fraction of sp³-hybridized carbons (Fsp3) is 0. The van der Waals surface area contributed by atoms with Gasteiger partial charge in [0.1, 0.15) is 0 Å². The van der Waals surface area contributed by atoms with E-state index in [1.165, 1.54) is 0 Å². The molecule has 0 bridgehead atoms. The maximum atomic E-state index is 4.45. The quantitative estimate of drug-likeness (QED) is 0.297. The van der Waals surface area contributed by atoms with Crippen molar-refractivity contribution in [2.75, 3.05) is 4.90 Å². The van der Waals surface area contributed by atoms with E-state index >= 15 is 0 Å². The lowest BCUT2D eigenvalue weighted by atomic mass is 10.1. The van der Waals surface area contributed by atoms with Crippen LogP contribution in [0.5, 0.6) is 0 Å². The van der Waals surface area contributed by atoms with Crippen molar-refractivity contribution in [3.05, 3.63) is 106 Å². The van der Waals surface area contributed by atoms with Crippen molar-refractivity contribution >= 4 is 48.9 Å². The summed E-state index contributed by atoms with van der Waals surface area (Å²) in [6.07, 6.45) is 1.81. The maximum absolute atomic E-state index is 4.45. The van der Waals surface area contributed by atoms with Gasteiger partial charge in [-0.1, -0.05) is 42.5 Å². The molecule has 0 aliphatic rings. The van der Waals surface area contributed by atoms with E-state index in [1.807, 2.05) is 42.6 Å². The monoisotopic (exact) mass is 478 g/mol. The summed E-state index contributed by atoms with van der Waals surface area (Å²) in [6, 6.07) is 30.9. The van der Waals surface area contributed by atoms with Gasteiger partial charge in [-0.2, -0.15) is 0 Å². The molecule has 4 rings (SSSR count). The minimum absolute atomic E-state index is 0.955. The van der Waals surface area contributed by atoms with Crippen molar-refractivity contribution in [1.82, 2.24) is 4.98 Å². The van der Waals surface area contributed by atoms with Crippen molar-refractivity contribution in [3.8, 4) is 11.3 Å². The van der Waals surface area contributed by atoms with E-state index in [0.29, 0.717) is 0 Å². The van der Waals surface area contributed by atoms with Gasteiger partial charge in [0.15, 0.2) is 0 Å². The lowest BCUT2D eigenvalue weighted by molar-refractivity contribution is 1.26. The smallest absolute Gasteiger partial charge is 0.0702 e. The Balaban J connectivity index is 1.85. The Bertz CT molecular complexity index is 1050. The average molecular weight is 480 g/mol. The largest absolute Gasteiger partial charge is 0.308 e. The number of aromatic nitrogens is 1. The van der Waals surface area contributed by atoms with Crippen molar-refractivity contribution in [1.29, 1.82) is 0 Å². The molecule has 1 aromatic heterocycles. The second-order valence-electron chi connectivity index (χ2n) is 6.00. The van der Waals surface area contributed by atoms with Gasteiger partial charge < -0.3 is 4.90 Å². The molecule has 0 saturated heterocycles. The number of nitrogens with zero attached hydrogens (tertiary/aromatic N) is 2. The van der Waals surface area contributed by atoms with Gasteiger partial charge in [0.2, 0.25) is 0 Å². The van der Waals surface area contributed by atoms with Crippen LogP contribution in [0.4, 0.5) is 17.1 Å². The van der Waals surface area contributed by atoms with E-state index < -0.39 is 0 Å². The third kappa shape index (κ3) is 3.82. The lowest BCUT2D eigenvalue weighted by Gasteiger charge is -2.27. The molecule has 0 N–H and O–H groups in total. The molecule has 0 amide bonds. The summed E-state index contributed by atoms with van der Waals surface area (Å²) >= 11 is 7.48. The number of anilines is 3. The molecule has 0 aliphatic heterocycles. The number of hydrogen-bond donors (Lipinski definition) is 0. The number of halogens is 2. The van der Waals surface area contributed by atoms with Crippen LogP contribution in [0.15, 0.2) is 106 Å². The fourth-order valence-electron chi connectivity index (χ4n) is 3.00. The molecule has 0 saturated carbocycles. The van der Waals surface area contributed by atoms with E-state index in [9.17, 15) is 0 Å². The molecular formula is C23H16Br2N2. The highest BCUT2D eigenvalue weighted by molar-refractivity contribution is 9.11. The van der Waals surface area contributed by atoms with Crippen LogP contribution in [-0.2, 0) is 0 Å². The number of hydrogen-bond acceptors (Lipinski definition) is 2. The average Bonchev–Trinajstić information content (AvgIpc) is 2.72. The standard InChI is InChI=1S/C23H16Br2N2/c24-19-10-4-5-12-22(19)27(18-8-2-1-3-9-18)23-14-13-17(16-20(23)25)21-11-6-7-15-26-21/h1-16H. The topological polar surface area (TPSA) is 16.1 Å². The first-order valence-corrected chi connectivity index (χ1v) is 10.1. The summed E-state index contributed by atoms with van der Waals surface area (Å²) in [6.45, 7) is 0. The summed E-state index contributed by atoms with van der Waals surface area (Å²) in [5.74, 6) is 0. The summed E-state index contributed by atoms with van der Waals surface area (Å²) in [5, 5.41) is 0. The molecular weight excluding hydrogens is 464 g/mol. The van der Waals surface area contributed by atoms with Crippen LogP contribution >= 0.6 is 31.9 Å². The minimum Gasteiger partial charge on any atom is -0.308 e. The maximum Gasteiger partial charge on any atom is 0.0702 e. The molecule has 0 unspecified atom stereocenters. The molecule has 0 aliphatic carbocycles. The van der Waals surface area contributed by atoms with Crippen molar-refractivity contribution in [2.45, 2.75) is 0 Å². The van der Waals surface area contributed by atoms with E-state index in [0.717, 1.165) is 37.3 Å². The first-order valence-electron chi connectivity index (χ1n) is 8.55. The highest BCUT2D eigenvalue weighted by Gasteiger charge is 2.17. The molecule has 3 aromatic carbocycles. The van der Waals surface area contributed by atoms with Gasteiger partial charge >= 0.3 is 0 Å². The van der Waals surface area contributed by atoms with E-state index in [2.05, 4.69) is 96.3 Å². The normalized spacial score (nSPS) is 10.6. The predicted octanol–water partition coefficient (Wildman–Crippen LogP) is 7.74. The molecule has 4 heteroatoms. The van der Waals surface area contributed by atoms with E-state index in [-0.39, 0.29) is 0 Å². The van der Waals surface area contributed by atoms with Gasteiger partial charge in [-0.25, -0.2) is 0 Å². The van der Waals surface area contributed by atoms with Gasteiger partial charge in [-0.15, -0.1) is 0 Å². The van der Waals surface area contributed by atoms with Gasteiger partial charge in [0, 0.05) is 26.4 Å². The number of para-hydroxylation sites is 2. The Hall–Kier alpha value is -2.43. The SMILES string of the molecule is Brc1ccccc1N(c1ccccc1)c1ccc(-c2ccccn2)cc1Br. The van der Waals surface area contributed by atoms with Gasteiger partial charge in [0.05, 0.1) is 17.1 Å². The zero-order valence-electron chi connectivity index (χ0n) is 14.4. The molecule has 2 nitrogen and oxygen atoms in total. The summed E-state index contributed by atoms with van der Waals surface area (Å²) in [4.78, 5) is 6.69. The lowest BCUT2D eigenvalue weighted by Crippen LogP contribution is -2.11. The minimum atomic E-state index is 0.955. The molecule has 132 valence electrons. The van der Waals surface area contributed by atoms with E-state index in [1.54, 1.807) is 0 Å². The second-order valence-corrected chi connectivity index (χ2v) is 7.71. The van der Waals surface area contributed by atoms with Crippen LogP contribution < -0.4 is 4.90 Å². The number of benzene rings is 3. The Morgan fingerprint density at radius 3 is 2.04 bits per heavy atom. The van der Waals surface area contributed by atoms with Gasteiger partial charge in [-0.3, -0.25) is 4.98 Å². The first-order chi connectivity index (χ1) is 13.2. The van der Waals surface area contributed by atoms with Crippen LogP contribution in [0, 0.1) is 0 Å². The van der Waals surface area contributed by atoms with E-state index in [4.69, 9.17) is 0 Å². The molecule has 0 radical (unpaired) electrons. The summed E-state index contributed by atoms with van der Waals surface area (Å²) in [5.41, 5.74) is 5.27. The highest BCUT2D eigenvalue weighted by Crippen LogP contribution is 2.42. The molecule has 1 heterocycles. The Morgan fingerprint density at radius 2 is 1.33 bits per heavy atom. The highest BCUT2D eigenvalue weighted by atomic mass is 79.9. The van der Waals surface area contributed by atoms with Crippen LogP contribution in [0.1, 0.15) is 0 Å². The number of rotatable bonds is 4. The van der Waals surface area contributed by atoms with Gasteiger partial charge in [0.25, 0.3) is 0 Å². The van der Waals surface area contributed by atoms with Crippen LogP contribution in [-0.4, -0.2) is 4.98 Å². The Kier molecular flexibility index (Phi) is 5.37. The zero-order chi connectivity index (χ0) is 18.6. The third-order valence-corrected chi connectivity index (χ3v) is 5.56. The van der Waals surface area contributed by atoms with Crippen LogP contribution in [0.2, 0.25) is 0 Å². The van der Waals surface area contributed by atoms with Crippen molar-refractivity contribution < 1.29 is 0 Å². The molecule has 27 heavy (non-hydrogen) atoms. The van der Waals surface area contributed by atoms with Gasteiger partial charge in [-0.05, 0) is 80.4 Å². The Labute approximate surface area is 175 Å².